The number of thioether (sulfide) groups is 1. The van der Waals surface area contributed by atoms with Crippen molar-refractivity contribution in [2.75, 3.05) is 12.4 Å². The molecule has 2 aromatic carbocycles. The van der Waals surface area contributed by atoms with Crippen LogP contribution in [0.4, 0.5) is 0 Å². The van der Waals surface area contributed by atoms with Gasteiger partial charge in [0, 0.05) is 15.6 Å². The molecule has 0 radical (unpaired) electrons. The number of hydrogen-bond acceptors (Lipinski definition) is 7. The van der Waals surface area contributed by atoms with Gasteiger partial charge in [0.1, 0.15) is 10.8 Å². The minimum absolute atomic E-state index is 0.206. The average molecular weight is 477 g/mol. The molecule has 0 unspecified atom stereocenters. The number of nitrogens with zero attached hydrogens (tertiary/aromatic N) is 3. The number of ether oxygens (including phenoxy) is 1. The summed E-state index contributed by atoms with van der Waals surface area (Å²) in [5, 5.41) is 13.1. The van der Waals surface area contributed by atoms with Gasteiger partial charge in [-0.25, -0.2) is 5.43 Å². The molecule has 0 aliphatic rings. The highest BCUT2D eigenvalue weighted by Crippen LogP contribution is 2.29. The third-order valence-corrected chi connectivity index (χ3v) is 6.02. The standard InChI is InChI=1S/C19H17BrN4O2S2/c1-2-26-16-9-8-15(20)10-14(16)11-21-22-17(25)12-27-19-24-23-18(28-19)13-6-4-3-5-7-13/h3-11H,2,12H2,1H3,(H,22,25). The summed E-state index contributed by atoms with van der Waals surface area (Å²) in [5.74, 6) is 0.698. The first-order valence-corrected chi connectivity index (χ1v) is 11.0. The molecule has 0 aliphatic heterocycles. The Morgan fingerprint density at radius 2 is 2.11 bits per heavy atom. The highest BCUT2D eigenvalue weighted by Gasteiger charge is 2.09. The van der Waals surface area contributed by atoms with Gasteiger partial charge in [0.25, 0.3) is 5.91 Å². The van der Waals surface area contributed by atoms with Crippen molar-refractivity contribution in [3.63, 3.8) is 0 Å². The first-order chi connectivity index (χ1) is 13.7. The van der Waals surface area contributed by atoms with E-state index < -0.39 is 0 Å². The van der Waals surface area contributed by atoms with Crippen LogP contribution in [0, 0.1) is 0 Å². The van der Waals surface area contributed by atoms with E-state index in [0.717, 1.165) is 24.9 Å². The van der Waals surface area contributed by atoms with E-state index in [-0.39, 0.29) is 11.7 Å². The molecule has 0 saturated carbocycles. The minimum atomic E-state index is -0.217. The zero-order chi connectivity index (χ0) is 19.8. The number of rotatable bonds is 8. The van der Waals surface area contributed by atoms with Crippen LogP contribution in [-0.2, 0) is 4.79 Å². The quantitative estimate of drug-likeness (QED) is 0.291. The third kappa shape index (κ3) is 5.88. The number of amides is 1. The van der Waals surface area contributed by atoms with Gasteiger partial charge >= 0.3 is 0 Å². The second-order valence-corrected chi connectivity index (χ2v) is 8.55. The molecule has 1 N–H and O–H groups in total. The van der Waals surface area contributed by atoms with Gasteiger partial charge in [0.15, 0.2) is 4.34 Å². The Bertz CT molecular complexity index is 964. The fourth-order valence-corrected chi connectivity index (χ4v) is 4.23. The van der Waals surface area contributed by atoms with E-state index in [2.05, 4.69) is 36.7 Å². The number of hydrogen-bond donors (Lipinski definition) is 1. The Kier molecular flexibility index (Phi) is 7.58. The van der Waals surface area contributed by atoms with Crippen molar-refractivity contribution in [1.29, 1.82) is 0 Å². The van der Waals surface area contributed by atoms with Crippen LogP contribution >= 0.6 is 39.0 Å². The van der Waals surface area contributed by atoms with Crippen LogP contribution in [0.25, 0.3) is 10.6 Å². The monoisotopic (exact) mass is 476 g/mol. The van der Waals surface area contributed by atoms with E-state index in [4.69, 9.17) is 4.74 Å². The van der Waals surface area contributed by atoms with E-state index >= 15 is 0 Å². The predicted octanol–water partition coefficient (Wildman–Crippen LogP) is 4.61. The van der Waals surface area contributed by atoms with Gasteiger partial charge < -0.3 is 4.74 Å². The smallest absolute Gasteiger partial charge is 0.250 e. The highest BCUT2D eigenvalue weighted by molar-refractivity contribution is 9.10. The van der Waals surface area contributed by atoms with Crippen LogP contribution in [0.1, 0.15) is 12.5 Å². The molecule has 0 spiro atoms. The van der Waals surface area contributed by atoms with Crippen molar-refractivity contribution in [2.45, 2.75) is 11.3 Å². The molecule has 1 aromatic heterocycles. The molecular formula is C19H17BrN4O2S2. The van der Waals surface area contributed by atoms with Gasteiger partial charge in [0.05, 0.1) is 18.6 Å². The predicted molar refractivity (Wildman–Crippen MR) is 117 cm³/mol. The second-order valence-electron chi connectivity index (χ2n) is 5.44. The number of carbonyl (C=O) groups is 1. The molecule has 0 atom stereocenters. The summed E-state index contributed by atoms with van der Waals surface area (Å²) in [5.41, 5.74) is 4.32. The highest BCUT2D eigenvalue weighted by atomic mass is 79.9. The van der Waals surface area contributed by atoms with Crippen LogP contribution in [0.15, 0.2) is 62.4 Å². The van der Waals surface area contributed by atoms with Crippen LogP contribution in [0.2, 0.25) is 0 Å². The lowest BCUT2D eigenvalue weighted by Crippen LogP contribution is -2.19. The SMILES string of the molecule is CCOc1ccc(Br)cc1C=NNC(=O)CSc1nnc(-c2ccccc2)s1. The minimum Gasteiger partial charge on any atom is -0.493 e. The summed E-state index contributed by atoms with van der Waals surface area (Å²) >= 11 is 6.21. The zero-order valence-corrected chi connectivity index (χ0v) is 18.2. The summed E-state index contributed by atoms with van der Waals surface area (Å²) in [4.78, 5) is 12.0. The Hall–Kier alpha value is -2.23. The molecule has 9 heteroatoms. The number of aromatic nitrogens is 2. The molecule has 1 amide bonds. The fraction of sp³-hybridized carbons (Fsp3) is 0.158. The zero-order valence-electron chi connectivity index (χ0n) is 15.0. The summed E-state index contributed by atoms with van der Waals surface area (Å²) in [7, 11) is 0. The Morgan fingerprint density at radius 1 is 1.29 bits per heavy atom. The average Bonchev–Trinajstić information content (AvgIpc) is 3.18. The second kappa shape index (κ2) is 10.4. The van der Waals surface area contributed by atoms with Gasteiger partial charge in [-0.15, -0.1) is 10.2 Å². The molecule has 28 heavy (non-hydrogen) atoms. The van der Waals surface area contributed by atoms with Crippen LogP contribution in [0.5, 0.6) is 5.75 Å². The maximum Gasteiger partial charge on any atom is 0.250 e. The summed E-state index contributed by atoms with van der Waals surface area (Å²) in [6.07, 6.45) is 1.57. The van der Waals surface area contributed by atoms with Crippen molar-refractivity contribution in [2.24, 2.45) is 5.10 Å². The summed E-state index contributed by atoms with van der Waals surface area (Å²) in [6.45, 7) is 2.47. The van der Waals surface area contributed by atoms with E-state index in [9.17, 15) is 4.79 Å². The largest absolute Gasteiger partial charge is 0.493 e. The van der Waals surface area contributed by atoms with Crippen molar-refractivity contribution >= 4 is 51.2 Å². The Labute approximate surface area is 179 Å². The Morgan fingerprint density at radius 3 is 2.89 bits per heavy atom. The number of benzene rings is 2. The van der Waals surface area contributed by atoms with Gasteiger partial charge in [-0.3, -0.25) is 4.79 Å². The van der Waals surface area contributed by atoms with Gasteiger partial charge in [-0.2, -0.15) is 5.10 Å². The molecule has 3 aromatic rings. The van der Waals surface area contributed by atoms with Gasteiger partial charge in [-0.1, -0.05) is 69.4 Å². The molecule has 0 aliphatic carbocycles. The molecule has 144 valence electrons. The van der Waals surface area contributed by atoms with Crippen molar-refractivity contribution in [1.82, 2.24) is 15.6 Å². The van der Waals surface area contributed by atoms with Crippen molar-refractivity contribution in [3.8, 4) is 16.3 Å². The normalized spacial score (nSPS) is 10.9. The first kappa shape index (κ1) is 20.5. The first-order valence-electron chi connectivity index (χ1n) is 8.41. The van der Waals surface area contributed by atoms with Crippen LogP contribution < -0.4 is 10.2 Å². The van der Waals surface area contributed by atoms with E-state index in [1.165, 1.54) is 23.1 Å². The number of nitrogens with one attached hydrogen (secondary N) is 1. The maximum atomic E-state index is 12.0. The molecule has 3 rings (SSSR count). The maximum absolute atomic E-state index is 12.0. The van der Waals surface area contributed by atoms with Crippen molar-refractivity contribution < 1.29 is 9.53 Å². The summed E-state index contributed by atoms with van der Waals surface area (Å²) in [6, 6.07) is 15.5. The van der Waals surface area contributed by atoms with Gasteiger partial charge in [-0.05, 0) is 25.1 Å². The fourth-order valence-electron chi connectivity index (χ4n) is 2.21. The molecular weight excluding hydrogens is 460 g/mol. The summed E-state index contributed by atoms with van der Waals surface area (Å²) < 4.78 is 7.20. The third-order valence-electron chi connectivity index (χ3n) is 3.42. The number of hydrazone groups is 1. The molecule has 0 fully saturated rings. The van der Waals surface area contributed by atoms with Crippen LogP contribution in [-0.4, -0.2) is 34.7 Å². The Balaban J connectivity index is 1.52. The molecule has 0 bridgehead atoms. The lowest BCUT2D eigenvalue weighted by Gasteiger charge is -2.07. The van der Waals surface area contributed by atoms with Gasteiger partial charge in [0.2, 0.25) is 0 Å². The van der Waals surface area contributed by atoms with E-state index in [0.29, 0.717) is 12.4 Å². The van der Waals surface area contributed by atoms with Crippen LogP contribution in [0.3, 0.4) is 0 Å². The molecule has 0 saturated heterocycles. The van der Waals surface area contributed by atoms with E-state index in [1.54, 1.807) is 6.21 Å². The number of halogens is 1. The lowest BCUT2D eigenvalue weighted by molar-refractivity contribution is -0.118. The molecule has 6 nitrogen and oxygen atoms in total. The lowest BCUT2D eigenvalue weighted by atomic mass is 10.2. The molecule has 1 heterocycles. The topological polar surface area (TPSA) is 76.5 Å². The number of carbonyl (C=O) groups excluding carboxylic acids is 1. The van der Waals surface area contributed by atoms with Crippen molar-refractivity contribution in [3.05, 3.63) is 58.6 Å². The van der Waals surface area contributed by atoms with E-state index in [1.807, 2.05) is 55.5 Å².